The van der Waals surface area contributed by atoms with Crippen molar-refractivity contribution in [2.45, 2.75) is 83.2 Å². The van der Waals surface area contributed by atoms with Gasteiger partial charge in [-0.05, 0) is 55.3 Å². The van der Waals surface area contributed by atoms with Crippen LogP contribution < -0.4 is 0 Å². The van der Waals surface area contributed by atoms with Crippen LogP contribution in [0.5, 0.6) is 0 Å². The van der Waals surface area contributed by atoms with Crippen molar-refractivity contribution in [1.82, 2.24) is 0 Å². The van der Waals surface area contributed by atoms with Crippen LogP contribution in [-0.4, -0.2) is 43.8 Å². The predicted molar refractivity (Wildman–Crippen MR) is 106 cm³/mol. The lowest BCUT2D eigenvalue weighted by Gasteiger charge is -2.62. The Labute approximate surface area is 174 Å². The fraction of sp³-hybridized carbons (Fsp3) is 0.958. The van der Waals surface area contributed by atoms with Crippen molar-refractivity contribution >= 4 is 5.78 Å². The fourth-order valence-electron chi connectivity index (χ4n) is 9.08. The first-order chi connectivity index (χ1) is 14.0. The SMILES string of the molecule is CC[C@]12CCC3(C[C@@H]1C(=O)CC1C2CC[C@@]2(C)C1CCC21OCCO1)OCCO3. The van der Waals surface area contributed by atoms with Gasteiger partial charge in [0.15, 0.2) is 11.6 Å². The van der Waals surface area contributed by atoms with Crippen LogP contribution in [0.3, 0.4) is 0 Å². The van der Waals surface area contributed by atoms with Gasteiger partial charge in [0.25, 0.3) is 0 Å². The van der Waals surface area contributed by atoms with Crippen molar-refractivity contribution in [2.24, 2.45) is 34.5 Å². The first-order valence-electron chi connectivity index (χ1n) is 12.1. The minimum atomic E-state index is -0.474. The Morgan fingerprint density at radius 2 is 1.59 bits per heavy atom. The van der Waals surface area contributed by atoms with E-state index in [2.05, 4.69) is 13.8 Å². The molecule has 0 bridgehead atoms. The Kier molecular flexibility index (Phi) is 4.16. The van der Waals surface area contributed by atoms with Crippen molar-refractivity contribution in [3.05, 3.63) is 0 Å². The molecule has 0 aromatic rings. The van der Waals surface area contributed by atoms with E-state index in [1.54, 1.807) is 0 Å². The summed E-state index contributed by atoms with van der Waals surface area (Å²) in [5.41, 5.74) is 0.190. The van der Waals surface area contributed by atoms with Gasteiger partial charge < -0.3 is 18.9 Å². The smallest absolute Gasteiger partial charge is 0.174 e. The number of Topliss-reactive ketones (excluding diaryl/α,β-unsaturated/α-hetero) is 1. The molecule has 4 aliphatic carbocycles. The minimum absolute atomic E-state index is 0.0558. The first kappa shape index (κ1) is 19.2. The maximum Gasteiger partial charge on any atom is 0.174 e. The summed E-state index contributed by atoms with van der Waals surface area (Å²) < 4.78 is 24.6. The van der Waals surface area contributed by atoms with Gasteiger partial charge in [0, 0.05) is 37.0 Å². The van der Waals surface area contributed by atoms with E-state index in [1.165, 1.54) is 12.8 Å². The Bertz CT molecular complexity index is 693. The molecule has 0 aromatic heterocycles. The van der Waals surface area contributed by atoms with Gasteiger partial charge in [0.05, 0.1) is 26.4 Å². The fourth-order valence-corrected chi connectivity index (χ4v) is 9.08. The molecule has 0 aromatic carbocycles. The van der Waals surface area contributed by atoms with Crippen LogP contribution in [0, 0.1) is 34.5 Å². The highest BCUT2D eigenvalue weighted by atomic mass is 16.7. The predicted octanol–water partition coefficient (Wildman–Crippen LogP) is 4.08. The summed E-state index contributed by atoms with van der Waals surface area (Å²) in [6.07, 6.45) is 9.16. The van der Waals surface area contributed by atoms with Gasteiger partial charge >= 0.3 is 0 Å². The Hall–Kier alpha value is -0.490. The summed E-state index contributed by atoms with van der Waals surface area (Å²) in [6, 6.07) is 0. The van der Waals surface area contributed by atoms with E-state index in [0.29, 0.717) is 36.8 Å². The van der Waals surface area contributed by atoms with Crippen LogP contribution in [0.25, 0.3) is 0 Å². The Morgan fingerprint density at radius 3 is 2.31 bits per heavy atom. The Balaban J connectivity index is 1.34. The second-order valence-electron chi connectivity index (χ2n) is 10.9. The van der Waals surface area contributed by atoms with Crippen LogP contribution in [-0.2, 0) is 23.7 Å². The molecule has 4 saturated carbocycles. The lowest BCUT2D eigenvalue weighted by atomic mass is 9.43. The number of hydrogen-bond donors (Lipinski definition) is 0. The number of ketones is 1. The molecule has 5 nitrogen and oxygen atoms in total. The van der Waals surface area contributed by atoms with Gasteiger partial charge in [-0.2, -0.15) is 0 Å². The number of carbonyl (C=O) groups excluding carboxylic acids is 1. The van der Waals surface area contributed by atoms with Crippen LogP contribution in [0.2, 0.25) is 0 Å². The standard InChI is InChI=1S/C24H36O5/c1-3-22-8-9-23(26-10-11-27-23)15-19(22)20(25)14-16-17-5-7-24(28-12-13-29-24)21(17,2)6-4-18(16)22/h16-19H,3-15H2,1-2H3/t16?,17?,18?,19-,21+,22-/m1/s1. The molecule has 29 heavy (non-hydrogen) atoms. The monoisotopic (exact) mass is 404 g/mol. The third kappa shape index (κ3) is 2.34. The molecule has 6 fully saturated rings. The first-order valence-corrected chi connectivity index (χ1v) is 12.1. The zero-order valence-corrected chi connectivity index (χ0v) is 18.0. The highest BCUT2D eigenvalue weighted by Crippen LogP contribution is 2.70. The molecule has 0 N–H and O–H groups in total. The molecule has 6 atom stereocenters. The van der Waals surface area contributed by atoms with E-state index in [9.17, 15) is 4.79 Å². The van der Waals surface area contributed by atoms with Crippen molar-refractivity contribution in [2.75, 3.05) is 26.4 Å². The molecule has 6 rings (SSSR count). The molecule has 3 unspecified atom stereocenters. The maximum atomic E-state index is 13.6. The van der Waals surface area contributed by atoms with Gasteiger partial charge in [-0.25, -0.2) is 0 Å². The van der Waals surface area contributed by atoms with Gasteiger partial charge in [-0.15, -0.1) is 0 Å². The largest absolute Gasteiger partial charge is 0.348 e. The zero-order chi connectivity index (χ0) is 19.9. The van der Waals surface area contributed by atoms with E-state index < -0.39 is 5.79 Å². The molecule has 5 heteroatoms. The molecule has 6 aliphatic rings. The molecule has 2 aliphatic heterocycles. The number of ether oxygens (including phenoxy) is 4. The highest BCUT2D eigenvalue weighted by molar-refractivity contribution is 5.83. The molecule has 2 spiro atoms. The molecule has 0 radical (unpaired) electrons. The second kappa shape index (κ2) is 6.27. The average molecular weight is 405 g/mol. The third-order valence-corrected chi connectivity index (χ3v) is 10.5. The van der Waals surface area contributed by atoms with Crippen molar-refractivity contribution in [3.8, 4) is 0 Å². The van der Waals surface area contributed by atoms with Crippen LogP contribution in [0.1, 0.15) is 71.6 Å². The van der Waals surface area contributed by atoms with Crippen LogP contribution >= 0.6 is 0 Å². The average Bonchev–Trinajstić information content (AvgIpc) is 3.45. The van der Waals surface area contributed by atoms with E-state index in [-0.39, 0.29) is 22.5 Å². The molecular weight excluding hydrogens is 368 g/mol. The van der Waals surface area contributed by atoms with E-state index in [0.717, 1.165) is 58.2 Å². The van der Waals surface area contributed by atoms with Crippen LogP contribution in [0.4, 0.5) is 0 Å². The summed E-state index contributed by atoms with van der Waals surface area (Å²) in [4.78, 5) is 13.6. The van der Waals surface area contributed by atoms with Gasteiger partial charge in [0.1, 0.15) is 5.78 Å². The Morgan fingerprint density at radius 1 is 0.897 bits per heavy atom. The zero-order valence-electron chi connectivity index (χ0n) is 18.0. The number of hydrogen-bond acceptors (Lipinski definition) is 5. The van der Waals surface area contributed by atoms with Crippen molar-refractivity contribution in [1.29, 1.82) is 0 Å². The quantitative estimate of drug-likeness (QED) is 0.659. The van der Waals surface area contributed by atoms with Gasteiger partial charge in [0.2, 0.25) is 0 Å². The highest BCUT2D eigenvalue weighted by Gasteiger charge is 2.69. The van der Waals surface area contributed by atoms with Gasteiger partial charge in [-0.1, -0.05) is 13.8 Å². The van der Waals surface area contributed by atoms with Crippen molar-refractivity contribution < 1.29 is 23.7 Å². The number of rotatable bonds is 1. The molecule has 2 saturated heterocycles. The molecule has 2 heterocycles. The number of fused-ring (bicyclic) bond motifs is 6. The normalized spacial score (nSPS) is 49.9. The molecule has 0 amide bonds. The van der Waals surface area contributed by atoms with Gasteiger partial charge in [-0.3, -0.25) is 4.79 Å². The summed E-state index contributed by atoms with van der Waals surface area (Å²) in [7, 11) is 0. The lowest BCUT2D eigenvalue weighted by molar-refractivity contribution is -0.256. The second-order valence-corrected chi connectivity index (χ2v) is 10.9. The summed E-state index contributed by atoms with van der Waals surface area (Å²) in [5.74, 6) is 1.40. The summed E-state index contributed by atoms with van der Waals surface area (Å²) in [6.45, 7) is 7.52. The third-order valence-electron chi connectivity index (χ3n) is 10.5. The van der Waals surface area contributed by atoms with Crippen LogP contribution in [0.15, 0.2) is 0 Å². The molecule has 162 valence electrons. The van der Waals surface area contributed by atoms with E-state index in [4.69, 9.17) is 18.9 Å². The minimum Gasteiger partial charge on any atom is -0.348 e. The number of carbonyl (C=O) groups is 1. The van der Waals surface area contributed by atoms with Crippen molar-refractivity contribution in [3.63, 3.8) is 0 Å². The topological polar surface area (TPSA) is 54.0 Å². The summed E-state index contributed by atoms with van der Waals surface area (Å²) in [5, 5.41) is 0. The maximum absolute atomic E-state index is 13.6. The van der Waals surface area contributed by atoms with E-state index >= 15 is 0 Å². The van der Waals surface area contributed by atoms with E-state index in [1.807, 2.05) is 0 Å². The molecular formula is C24H36O5. The lowest BCUT2D eigenvalue weighted by Crippen LogP contribution is -2.61. The summed E-state index contributed by atoms with van der Waals surface area (Å²) >= 11 is 0.